The van der Waals surface area contributed by atoms with Crippen LogP contribution in [0.5, 0.6) is 0 Å². The van der Waals surface area contributed by atoms with E-state index in [1.807, 2.05) is 25.7 Å². The number of ether oxygens (including phenoxy) is 1. The van der Waals surface area contributed by atoms with Gasteiger partial charge in [-0.05, 0) is 42.4 Å². The van der Waals surface area contributed by atoms with Gasteiger partial charge in [-0.15, -0.1) is 11.8 Å². The van der Waals surface area contributed by atoms with Crippen molar-refractivity contribution in [3.8, 4) is 0 Å². The zero-order chi connectivity index (χ0) is 20.7. The number of carbonyl (C=O) groups excluding carboxylic acids is 1. The molecule has 0 saturated carbocycles. The highest BCUT2D eigenvalue weighted by Gasteiger charge is 2.27. The van der Waals surface area contributed by atoms with Crippen molar-refractivity contribution < 1.29 is 23.8 Å². The molecule has 0 bridgehead atoms. The molecule has 0 unspecified atom stereocenters. The number of hydrogen-bond acceptors (Lipinski definition) is 5. The molecule has 5 nitrogen and oxygen atoms in total. The smallest absolute Gasteiger partial charge is 0.449 e. The monoisotopic (exact) mass is 407 g/mol. The van der Waals surface area contributed by atoms with E-state index in [2.05, 4.69) is 0 Å². The largest absolute Gasteiger partial charge is 0.511 e. The average Bonchev–Trinajstić information content (AvgIpc) is 2.60. The molecule has 1 aliphatic heterocycles. The summed E-state index contributed by atoms with van der Waals surface area (Å²) in [5.74, 6) is 0.772. The van der Waals surface area contributed by atoms with Crippen molar-refractivity contribution in [3.05, 3.63) is 58.6 Å². The van der Waals surface area contributed by atoms with Crippen LogP contribution in [0.1, 0.15) is 32.8 Å². The molecule has 2 rings (SSSR count). The molecule has 0 atom stereocenters. The molecule has 1 aromatic rings. The first-order valence-electron chi connectivity index (χ1n) is 9.14. The second-order valence-electron chi connectivity index (χ2n) is 7.57. The number of halogens is 1. The minimum atomic E-state index is -1.38. The van der Waals surface area contributed by atoms with Gasteiger partial charge in [-0.2, -0.15) is 0 Å². The number of carbonyl (C=O) groups is 2. The summed E-state index contributed by atoms with van der Waals surface area (Å²) in [5, 5.41) is 9.66. The van der Waals surface area contributed by atoms with Crippen molar-refractivity contribution in [2.75, 3.05) is 18.8 Å². The first kappa shape index (κ1) is 22.0. The maximum atomic E-state index is 13.0. The van der Waals surface area contributed by atoms with Crippen molar-refractivity contribution in [2.24, 2.45) is 5.41 Å². The predicted molar refractivity (Wildman–Crippen MR) is 108 cm³/mol. The van der Waals surface area contributed by atoms with Crippen molar-refractivity contribution in [3.63, 3.8) is 0 Å². The van der Waals surface area contributed by atoms with E-state index in [1.54, 1.807) is 24.3 Å². The minimum absolute atomic E-state index is 0.0712. The Kier molecular flexibility index (Phi) is 7.69. The van der Waals surface area contributed by atoms with Gasteiger partial charge in [-0.1, -0.05) is 39.0 Å². The van der Waals surface area contributed by atoms with Gasteiger partial charge in [0, 0.05) is 12.0 Å². The molecule has 28 heavy (non-hydrogen) atoms. The molecule has 152 valence electrons. The number of ketones is 1. The third-order valence-corrected chi connectivity index (χ3v) is 5.45. The van der Waals surface area contributed by atoms with Crippen LogP contribution in [-0.4, -0.2) is 40.8 Å². The van der Waals surface area contributed by atoms with E-state index < -0.39 is 11.6 Å². The minimum Gasteiger partial charge on any atom is -0.449 e. The summed E-state index contributed by atoms with van der Waals surface area (Å²) in [4.78, 5) is 25.3. The van der Waals surface area contributed by atoms with Gasteiger partial charge in [0.1, 0.15) is 10.8 Å². The molecule has 0 radical (unpaired) electrons. The number of nitrogens with zero attached hydrogens (tertiary/aromatic N) is 1. The van der Waals surface area contributed by atoms with E-state index in [1.165, 1.54) is 23.9 Å². The van der Waals surface area contributed by atoms with Crippen LogP contribution in [0.2, 0.25) is 0 Å². The molecule has 0 saturated heterocycles. The van der Waals surface area contributed by atoms with E-state index >= 15 is 0 Å². The Morgan fingerprint density at radius 2 is 1.93 bits per heavy atom. The summed E-state index contributed by atoms with van der Waals surface area (Å²) < 4.78 is 17.9. The zero-order valence-corrected chi connectivity index (χ0v) is 17.2. The summed E-state index contributed by atoms with van der Waals surface area (Å²) in [7, 11) is 0. The Morgan fingerprint density at radius 3 is 2.54 bits per heavy atom. The second kappa shape index (κ2) is 9.78. The second-order valence-corrected chi connectivity index (χ2v) is 8.66. The molecule has 1 aromatic carbocycles. The van der Waals surface area contributed by atoms with Crippen LogP contribution in [0, 0.1) is 11.2 Å². The first-order valence-corrected chi connectivity index (χ1v) is 10.1. The fourth-order valence-electron chi connectivity index (χ4n) is 2.57. The SMILES string of the molecule is CC(C)(C)C(=O)CN1CC=CC(OC(=O)O)=C1SCCCc1ccc(F)cc1. The molecule has 0 aromatic heterocycles. The standard InChI is InChI=1S/C21H26FNO4S/c1-21(2,3)18(24)14-23-12-4-7-17(27-20(25)26)19(23)28-13-5-6-15-8-10-16(22)11-9-15/h4,7-11H,5-6,12-14H2,1-3H3,(H,25,26). The molecule has 0 fully saturated rings. The molecular formula is C21H26FNO4S. The normalized spacial score (nSPS) is 14.4. The van der Waals surface area contributed by atoms with E-state index in [9.17, 15) is 14.0 Å². The van der Waals surface area contributed by atoms with E-state index in [0.29, 0.717) is 17.3 Å². The van der Waals surface area contributed by atoms with Crippen LogP contribution in [0.4, 0.5) is 9.18 Å². The lowest BCUT2D eigenvalue weighted by Crippen LogP contribution is -2.36. The Labute approximate surface area is 169 Å². The maximum Gasteiger partial charge on any atom is 0.511 e. The van der Waals surface area contributed by atoms with Gasteiger partial charge < -0.3 is 14.7 Å². The average molecular weight is 408 g/mol. The Hall–Kier alpha value is -2.28. The molecule has 0 aliphatic carbocycles. The summed E-state index contributed by atoms with van der Waals surface area (Å²) in [6, 6.07) is 6.40. The Morgan fingerprint density at radius 1 is 1.25 bits per heavy atom. The van der Waals surface area contributed by atoms with Crippen LogP contribution in [0.15, 0.2) is 47.2 Å². The van der Waals surface area contributed by atoms with Crippen molar-refractivity contribution >= 4 is 23.7 Å². The van der Waals surface area contributed by atoms with Gasteiger partial charge in [0.25, 0.3) is 0 Å². The summed E-state index contributed by atoms with van der Waals surface area (Å²) >= 11 is 1.47. The molecule has 1 heterocycles. The topological polar surface area (TPSA) is 66.8 Å². The fraction of sp³-hybridized carbons (Fsp3) is 0.429. The molecule has 7 heteroatoms. The van der Waals surface area contributed by atoms with Crippen LogP contribution >= 0.6 is 11.8 Å². The third-order valence-electron chi connectivity index (χ3n) is 4.22. The van der Waals surface area contributed by atoms with Crippen LogP contribution in [0.25, 0.3) is 0 Å². The molecule has 0 amide bonds. The number of rotatable bonds is 8. The van der Waals surface area contributed by atoms with Crippen molar-refractivity contribution in [1.82, 2.24) is 4.90 Å². The third kappa shape index (κ3) is 6.71. The molecular weight excluding hydrogens is 381 g/mol. The maximum absolute atomic E-state index is 13.0. The number of thioether (sulfide) groups is 1. The fourth-order valence-corrected chi connectivity index (χ4v) is 3.63. The lowest BCUT2D eigenvalue weighted by molar-refractivity contribution is -0.126. The summed E-state index contributed by atoms with van der Waals surface area (Å²) in [5.41, 5.74) is 0.564. The van der Waals surface area contributed by atoms with Gasteiger partial charge in [-0.25, -0.2) is 9.18 Å². The van der Waals surface area contributed by atoms with Crippen molar-refractivity contribution in [2.45, 2.75) is 33.6 Å². The Bertz CT molecular complexity index is 766. The lowest BCUT2D eigenvalue weighted by atomic mass is 9.90. The number of aryl methyl sites for hydroxylation is 1. The highest BCUT2D eigenvalue weighted by molar-refractivity contribution is 8.03. The van der Waals surface area contributed by atoms with E-state index in [0.717, 1.165) is 18.4 Å². The van der Waals surface area contributed by atoms with Gasteiger partial charge in [-0.3, -0.25) is 4.79 Å². The van der Waals surface area contributed by atoms with Crippen LogP contribution < -0.4 is 0 Å². The number of hydrogen-bond donors (Lipinski definition) is 1. The highest BCUT2D eigenvalue weighted by Crippen LogP contribution is 2.30. The van der Waals surface area contributed by atoms with E-state index in [4.69, 9.17) is 9.84 Å². The molecule has 0 spiro atoms. The molecule has 1 aliphatic rings. The quantitative estimate of drug-likeness (QED) is 0.491. The summed E-state index contributed by atoms with van der Waals surface area (Å²) in [6.45, 7) is 6.31. The number of allylic oxidation sites excluding steroid dienone is 1. The predicted octanol–water partition coefficient (Wildman–Crippen LogP) is 4.84. The highest BCUT2D eigenvalue weighted by atomic mass is 32.2. The van der Waals surface area contributed by atoms with Gasteiger partial charge in [0.05, 0.1) is 6.54 Å². The number of Topliss-reactive ketones (excluding diaryl/α,β-unsaturated/α-hetero) is 1. The number of benzene rings is 1. The summed E-state index contributed by atoms with van der Waals surface area (Å²) in [6.07, 6.45) is 3.65. The first-order chi connectivity index (χ1) is 13.2. The van der Waals surface area contributed by atoms with Gasteiger partial charge in [0.15, 0.2) is 11.5 Å². The van der Waals surface area contributed by atoms with E-state index in [-0.39, 0.29) is 23.9 Å². The van der Waals surface area contributed by atoms with Crippen LogP contribution in [-0.2, 0) is 16.0 Å². The zero-order valence-electron chi connectivity index (χ0n) is 16.4. The number of carboxylic acid groups (broad SMARTS) is 1. The molecule has 1 N–H and O–H groups in total. The Balaban J connectivity index is 2.04. The van der Waals surface area contributed by atoms with Crippen molar-refractivity contribution in [1.29, 1.82) is 0 Å². The van der Waals surface area contributed by atoms with Gasteiger partial charge >= 0.3 is 6.16 Å². The van der Waals surface area contributed by atoms with Crippen LogP contribution in [0.3, 0.4) is 0 Å². The lowest BCUT2D eigenvalue weighted by Gasteiger charge is -2.31. The van der Waals surface area contributed by atoms with Gasteiger partial charge in [0.2, 0.25) is 0 Å².